The Balaban J connectivity index is 1.26. The molecule has 0 unspecified atom stereocenters. The molecule has 0 atom stereocenters. The van der Waals surface area contributed by atoms with Gasteiger partial charge in [-0.1, -0.05) is 19.9 Å². The molecule has 8 nitrogen and oxygen atoms in total. The van der Waals surface area contributed by atoms with Crippen molar-refractivity contribution in [3.05, 3.63) is 77.9 Å². The van der Waals surface area contributed by atoms with Crippen molar-refractivity contribution >= 4 is 23.2 Å². The lowest BCUT2D eigenvalue weighted by molar-refractivity contribution is -0.140. The Bertz CT molecular complexity index is 1280. The highest BCUT2D eigenvalue weighted by molar-refractivity contribution is 6.20. The van der Waals surface area contributed by atoms with Crippen LogP contribution >= 0.6 is 0 Å². The number of benzene rings is 1. The van der Waals surface area contributed by atoms with Crippen molar-refractivity contribution in [3.63, 3.8) is 0 Å². The highest BCUT2D eigenvalue weighted by atomic mass is 16.5. The molecular weight excluding hydrogens is 490 g/mol. The van der Waals surface area contributed by atoms with Crippen molar-refractivity contribution < 1.29 is 14.3 Å². The predicted molar refractivity (Wildman–Crippen MR) is 154 cm³/mol. The number of pyridine rings is 2. The van der Waals surface area contributed by atoms with Crippen molar-refractivity contribution in [1.82, 2.24) is 15.3 Å². The Hall–Kier alpha value is -3.78. The largest absolute Gasteiger partial charge is 0.493 e. The summed E-state index contributed by atoms with van der Waals surface area (Å²) >= 11 is 0. The zero-order valence-electron chi connectivity index (χ0n) is 23.4. The number of nitrogens with zero attached hydrogens (tertiary/aromatic N) is 4. The maximum atomic E-state index is 13.4. The summed E-state index contributed by atoms with van der Waals surface area (Å²) in [5.74, 6) is 0.362. The van der Waals surface area contributed by atoms with Crippen molar-refractivity contribution in [2.45, 2.75) is 52.5 Å². The molecule has 3 aromatic rings. The van der Waals surface area contributed by atoms with Crippen LogP contribution in [0.15, 0.2) is 61.1 Å². The van der Waals surface area contributed by atoms with E-state index in [0.29, 0.717) is 36.6 Å². The molecule has 4 rings (SSSR count). The zero-order valence-corrected chi connectivity index (χ0v) is 23.4. The van der Waals surface area contributed by atoms with Crippen LogP contribution in [0.4, 0.5) is 11.4 Å². The minimum absolute atomic E-state index is 0.155. The highest BCUT2D eigenvalue weighted by Crippen LogP contribution is 2.42. The summed E-state index contributed by atoms with van der Waals surface area (Å²) in [6.45, 7) is 5.92. The topological polar surface area (TPSA) is 87.7 Å². The molecule has 1 N–H and O–H groups in total. The van der Waals surface area contributed by atoms with Crippen molar-refractivity contribution in [2.24, 2.45) is 5.41 Å². The third-order valence-corrected chi connectivity index (χ3v) is 7.67. The summed E-state index contributed by atoms with van der Waals surface area (Å²) in [6.07, 6.45) is 9.13. The number of rotatable bonds is 12. The Labute approximate surface area is 231 Å². The lowest BCUT2D eigenvalue weighted by atomic mass is 9.79. The van der Waals surface area contributed by atoms with Crippen LogP contribution < -0.4 is 19.9 Å². The fraction of sp³-hybridized carbons (Fsp3) is 0.419. The molecule has 206 valence electrons. The van der Waals surface area contributed by atoms with E-state index in [1.54, 1.807) is 30.1 Å². The van der Waals surface area contributed by atoms with Crippen LogP contribution in [0.1, 0.15) is 49.9 Å². The zero-order chi connectivity index (χ0) is 27.8. The lowest BCUT2D eigenvalue weighted by Gasteiger charge is -2.31. The summed E-state index contributed by atoms with van der Waals surface area (Å²) in [6, 6.07) is 13.8. The summed E-state index contributed by atoms with van der Waals surface area (Å²) in [5, 5.41) is 3.48. The first-order valence-electron chi connectivity index (χ1n) is 13.8. The van der Waals surface area contributed by atoms with Crippen LogP contribution in [-0.2, 0) is 29.0 Å². The summed E-state index contributed by atoms with van der Waals surface area (Å²) in [7, 11) is 3.48. The van der Waals surface area contributed by atoms with Crippen LogP contribution in [0.2, 0.25) is 0 Å². The van der Waals surface area contributed by atoms with Gasteiger partial charge >= 0.3 is 0 Å². The smallest absolute Gasteiger partial charge is 0.242 e. The summed E-state index contributed by atoms with van der Waals surface area (Å²) < 4.78 is 6.01. The Morgan fingerprint density at radius 3 is 2.38 bits per heavy atom. The minimum atomic E-state index is -1.04. The van der Waals surface area contributed by atoms with Crippen LogP contribution in [0.3, 0.4) is 0 Å². The van der Waals surface area contributed by atoms with Crippen LogP contribution in [0.5, 0.6) is 5.75 Å². The van der Waals surface area contributed by atoms with Gasteiger partial charge in [-0.3, -0.25) is 19.6 Å². The van der Waals surface area contributed by atoms with Crippen LogP contribution in [0, 0.1) is 5.41 Å². The Morgan fingerprint density at radius 2 is 1.67 bits per heavy atom. The quantitative estimate of drug-likeness (QED) is 0.273. The maximum Gasteiger partial charge on any atom is 0.242 e. The molecular formula is C31H39N5O3. The van der Waals surface area contributed by atoms with E-state index in [-0.39, 0.29) is 11.8 Å². The van der Waals surface area contributed by atoms with Crippen molar-refractivity contribution in [2.75, 3.05) is 37.0 Å². The van der Waals surface area contributed by atoms with E-state index in [1.807, 2.05) is 56.6 Å². The molecule has 0 spiro atoms. The summed E-state index contributed by atoms with van der Waals surface area (Å²) in [5.41, 5.74) is 3.86. The fourth-order valence-electron chi connectivity index (χ4n) is 5.17. The first-order chi connectivity index (χ1) is 18.9. The van der Waals surface area contributed by atoms with Gasteiger partial charge in [0.25, 0.3) is 0 Å². The normalized spacial score (nSPS) is 14.8. The number of ether oxygens (including phenoxy) is 1. The number of aromatic nitrogens is 2. The number of fused-ring (bicyclic) bond motifs is 1. The van der Waals surface area contributed by atoms with E-state index >= 15 is 0 Å². The van der Waals surface area contributed by atoms with Crippen molar-refractivity contribution in [3.8, 4) is 5.75 Å². The first kappa shape index (κ1) is 28.2. The van der Waals surface area contributed by atoms with Gasteiger partial charge in [-0.25, -0.2) is 0 Å². The molecule has 0 saturated carbocycles. The SMILES string of the molecule is CCC1(CC)C(=O)N(C)c2ccc(OCCCNCc3ccnc(CCc4cccnc4)c3)cc2N(C)C1=O. The van der Waals surface area contributed by atoms with Gasteiger partial charge in [-0.05, 0) is 80.1 Å². The van der Waals surface area contributed by atoms with Crippen molar-refractivity contribution in [1.29, 1.82) is 0 Å². The van der Waals surface area contributed by atoms with Gasteiger partial charge in [-0.2, -0.15) is 0 Å². The molecule has 2 aromatic heterocycles. The number of hydrogen-bond acceptors (Lipinski definition) is 6. The highest BCUT2D eigenvalue weighted by Gasteiger charge is 2.49. The number of amides is 2. The Kier molecular flexibility index (Phi) is 9.30. The lowest BCUT2D eigenvalue weighted by Crippen LogP contribution is -2.49. The van der Waals surface area contributed by atoms with E-state index in [2.05, 4.69) is 27.4 Å². The van der Waals surface area contributed by atoms with Gasteiger partial charge in [0.1, 0.15) is 11.2 Å². The van der Waals surface area contributed by atoms with Gasteiger partial charge in [-0.15, -0.1) is 0 Å². The number of carbonyl (C=O) groups is 2. The fourth-order valence-corrected chi connectivity index (χ4v) is 5.17. The second-order valence-electron chi connectivity index (χ2n) is 10.1. The standard InChI is InChI=1S/C31H39N5O3/c1-5-31(6-2)29(37)35(3)27-13-12-26(20-28(27)36(4)30(31)38)39-18-8-16-33-22-24-14-17-34-25(19-24)11-10-23-9-7-15-32-21-23/h7,9,12-15,17,19-21,33H,5-6,8,10-11,16,18,22H2,1-4H3. The molecule has 0 fully saturated rings. The molecule has 2 amide bonds. The molecule has 0 bridgehead atoms. The Morgan fingerprint density at radius 1 is 0.897 bits per heavy atom. The number of anilines is 2. The van der Waals surface area contributed by atoms with E-state index in [1.165, 1.54) is 11.1 Å². The molecule has 39 heavy (non-hydrogen) atoms. The molecule has 8 heteroatoms. The molecule has 1 aliphatic heterocycles. The van der Waals surface area contributed by atoms with E-state index < -0.39 is 5.41 Å². The summed E-state index contributed by atoms with van der Waals surface area (Å²) in [4.78, 5) is 38.5. The molecule has 0 radical (unpaired) electrons. The third kappa shape index (κ3) is 6.28. The third-order valence-electron chi connectivity index (χ3n) is 7.67. The average Bonchev–Trinajstić information content (AvgIpc) is 3.03. The molecule has 3 heterocycles. The van der Waals surface area contributed by atoms with E-state index in [9.17, 15) is 9.59 Å². The molecule has 1 aromatic carbocycles. The van der Waals surface area contributed by atoms with Gasteiger partial charge < -0.3 is 19.9 Å². The van der Waals surface area contributed by atoms with E-state index in [4.69, 9.17) is 4.74 Å². The predicted octanol–water partition coefficient (Wildman–Crippen LogP) is 4.57. The van der Waals surface area contributed by atoms with Gasteiger partial charge in [0.15, 0.2) is 0 Å². The number of carbonyl (C=O) groups excluding carboxylic acids is 2. The minimum Gasteiger partial charge on any atom is -0.493 e. The molecule has 0 aliphatic carbocycles. The monoisotopic (exact) mass is 529 g/mol. The second kappa shape index (κ2) is 12.8. The molecule has 1 aliphatic rings. The van der Waals surface area contributed by atoms with E-state index in [0.717, 1.165) is 38.0 Å². The molecule has 0 saturated heterocycles. The van der Waals surface area contributed by atoms with Crippen LogP contribution in [0.25, 0.3) is 0 Å². The first-order valence-corrected chi connectivity index (χ1v) is 13.8. The number of hydrogen-bond donors (Lipinski definition) is 1. The second-order valence-corrected chi connectivity index (χ2v) is 10.1. The number of nitrogens with one attached hydrogen (secondary N) is 1. The van der Waals surface area contributed by atoms with Gasteiger partial charge in [0.2, 0.25) is 11.8 Å². The maximum absolute atomic E-state index is 13.4. The number of aryl methyl sites for hydroxylation is 2. The van der Waals surface area contributed by atoms with Gasteiger partial charge in [0, 0.05) is 51.0 Å². The van der Waals surface area contributed by atoms with Crippen LogP contribution in [-0.4, -0.2) is 49.0 Å². The van der Waals surface area contributed by atoms with Gasteiger partial charge in [0.05, 0.1) is 18.0 Å². The average molecular weight is 530 g/mol.